The summed E-state index contributed by atoms with van der Waals surface area (Å²) in [4.78, 5) is 24.7. The lowest BCUT2D eigenvalue weighted by molar-refractivity contribution is 0.108. The first-order valence-corrected chi connectivity index (χ1v) is 7.11. The maximum atomic E-state index is 12.2. The first-order chi connectivity index (χ1) is 8.79. The summed E-state index contributed by atoms with van der Waals surface area (Å²) in [6.45, 7) is 8.25. The van der Waals surface area contributed by atoms with Gasteiger partial charge in [0.25, 0.3) is 0 Å². The van der Waals surface area contributed by atoms with E-state index in [1.807, 2.05) is 27.7 Å². The molecule has 1 aromatic carbocycles. The number of halogens is 1. The molecule has 0 unspecified atom stereocenters. The molecule has 0 fully saturated rings. The fourth-order valence-corrected chi connectivity index (χ4v) is 2.18. The molecule has 1 aromatic rings. The summed E-state index contributed by atoms with van der Waals surface area (Å²) in [5.41, 5.74) is 0.0495. The van der Waals surface area contributed by atoms with Gasteiger partial charge >= 0.3 is 6.09 Å². The lowest BCUT2D eigenvalue weighted by Crippen LogP contribution is -2.46. The summed E-state index contributed by atoms with van der Waals surface area (Å²) in [6.07, 6.45) is 0.242. The third kappa shape index (κ3) is 4.19. The van der Waals surface area contributed by atoms with Crippen molar-refractivity contribution >= 4 is 35.0 Å². The molecule has 0 radical (unpaired) electrons. The van der Waals surface area contributed by atoms with Gasteiger partial charge in [0.05, 0.1) is 5.56 Å². The van der Waals surface area contributed by atoms with Gasteiger partial charge in [-0.1, -0.05) is 0 Å². The molecule has 5 heteroatoms. The smallest absolute Gasteiger partial charge is 0.409 e. The summed E-state index contributed by atoms with van der Waals surface area (Å²) >= 11 is 2.11. The first-order valence-electron chi connectivity index (χ1n) is 6.03. The quantitative estimate of drug-likeness (QED) is 0.598. The molecule has 0 aromatic heterocycles. The van der Waals surface area contributed by atoms with E-state index >= 15 is 0 Å². The van der Waals surface area contributed by atoms with Crippen molar-refractivity contribution in [3.63, 3.8) is 0 Å². The second kappa shape index (κ2) is 6.36. The molecule has 0 saturated heterocycles. The fourth-order valence-electron chi connectivity index (χ4n) is 1.72. The Balaban J connectivity index is 2.99. The van der Waals surface area contributed by atoms with E-state index in [1.54, 1.807) is 23.1 Å². The molecule has 0 aliphatic heterocycles. The van der Waals surface area contributed by atoms with Crippen LogP contribution in [0.5, 0.6) is 5.75 Å². The molecule has 4 nitrogen and oxygen atoms in total. The summed E-state index contributed by atoms with van der Waals surface area (Å²) in [7, 11) is 0. The van der Waals surface area contributed by atoms with Crippen molar-refractivity contribution in [3.05, 3.63) is 27.3 Å². The SMILES string of the molecule is CCN(C(=O)Oc1cc(I)ccc1C=O)C(C)(C)C. The zero-order chi connectivity index (χ0) is 14.6. The molecule has 1 amide bonds. The van der Waals surface area contributed by atoms with Crippen LogP contribution in [-0.2, 0) is 0 Å². The average Bonchev–Trinajstić information content (AvgIpc) is 2.28. The Bertz CT molecular complexity index is 480. The van der Waals surface area contributed by atoms with E-state index in [4.69, 9.17) is 4.74 Å². The summed E-state index contributed by atoms with van der Waals surface area (Å²) in [5, 5.41) is 0. The number of rotatable bonds is 3. The minimum absolute atomic E-state index is 0.301. The molecule has 0 heterocycles. The van der Waals surface area contributed by atoms with Crippen molar-refractivity contribution in [1.82, 2.24) is 4.90 Å². The van der Waals surface area contributed by atoms with Crippen LogP contribution >= 0.6 is 22.6 Å². The van der Waals surface area contributed by atoms with Crippen molar-refractivity contribution in [2.75, 3.05) is 6.54 Å². The van der Waals surface area contributed by atoms with Crippen LogP contribution in [-0.4, -0.2) is 29.4 Å². The minimum atomic E-state index is -0.444. The van der Waals surface area contributed by atoms with E-state index in [2.05, 4.69) is 22.6 Å². The lowest BCUT2D eigenvalue weighted by Gasteiger charge is -2.33. The molecule has 0 aliphatic carbocycles. The second-order valence-electron chi connectivity index (χ2n) is 5.08. The van der Waals surface area contributed by atoms with Crippen LogP contribution in [0.2, 0.25) is 0 Å². The van der Waals surface area contributed by atoms with E-state index < -0.39 is 6.09 Å². The number of benzene rings is 1. The lowest BCUT2D eigenvalue weighted by atomic mass is 10.1. The topological polar surface area (TPSA) is 46.6 Å². The van der Waals surface area contributed by atoms with E-state index in [-0.39, 0.29) is 5.54 Å². The number of carbonyl (C=O) groups excluding carboxylic acids is 2. The number of aldehydes is 1. The Morgan fingerprint density at radius 2 is 2.05 bits per heavy atom. The number of hydrogen-bond donors (Lipinski definition) is 0. The molecular formula is C14H18INO3. The number of ether oxygens (including phenoxy) is 1. The second-order valence-corrected chi connectivity index (χ2v) is 6.33. The van der Waals surface area contributed by atoms with Crippen LogP contribution in [0.25, 0.3) is 0 Å². The van der Waals surface area contributed by atoms with Gasteiger partial charge in [-0.3, -0.25) is 4.79 Å². The van der Waals surface area contributed by atoms with Crippen LogP contribution in [0.1, 0.15) is 38.1 Å². The van der Waals surface area contributed by atoms with Crippen molar-refractivity contribution in [3.8, 4) is 5.75 Å². The molecule has 0 spiro atoms. The standard InChI is InChI=1S/C14H18INO3/c1-5-16(14(2,3)4)13(18)19-12-8-11(15)7-6-10(12)9-17/h6-9H,5H2,1-4H3. The molecule has 0 bridgehead atoms. The highest BCUT2D eigenvalue weighted by molar-refractivity contribution is 14.1. The van der Waals surface area contributed by atoms with Gasteiger partial charge in [0.2, 0.25) is 0 Å². The summed E-state index contributed by atoms with van der Waals surface area (Å²) in [6, 6.07) is 5.12. The van der Waals surface area contributed by atoms with E-state index in [9.17, 15) is 9.59 Å². The zero-order valence-electron chi connectivity index (χ0n) is 11.6. The zero-order valence-corrected chi connectivity index (χ0v) is 13.7. The van der Waals surface area contributed by atoms with Gasteiger partial charge in [-0.2, -0.15) is 0 Å². The minimum Gasteiger partial charge on any atom is -0.409 e. The van der Waals surface area contributed by atoms with Gasteiger partial charge in [-0.25, -0.2) is 4.79 Å². The Labute approximate surface area is 127 Å². The van der Waals surface area contributed by atoms with Gasteiger partial charge in [0, 0.05) is 15.7 Å². The summed E-state index contributed by atoms with van der Waals surface area (Å²) < 4.78 is 6.25. The monoisotopic (exact) mass is 375 g/mol. The van der Waals surface area contributed by atoms with Gasteiger partial charge < -0.3 is 9.64 Å². The number of hydrogen-bond acceptors (Lipinski definition) is 3. The van der Waals surface area contributed by atoms with Gasteiger partial charge in [0.1, 0.15) is 5.75 Å². The third-order valence-electron chi connectivity index (χ3n) is 2.65. The molecule has 0 aliphatic rings. The van der Waals surface area contributed by atoms with Crippen LogP contribution in [0.4, 0.5) is 4.79 Å². The molecule has 0 atom stereocenters. The fraction of sp³-hybridized carbons (Fsp3) is 0.429. The van der Waals surface area contributed by atoms with E-state index in [1.165, 1.54) is 0 Å². The Morgan fingerprint density at radius 1 is 1.42 bits per heavy atom. The molecule has 0 saturated carbocycles. The van der Waals surface area contributed by atoms with Crippen LogP contribution in [0, 0.1) is 3.57 Å². The van der Waals surface area contributed by atoms with Crippen LogP contribution < -0.4 is 4.74 Å². The van der Waals surface area contributed by atoms with Crippen LogP contribution in [0.15, 0.2) is 18.2 Å². The number of amides is 1. The van der Waals surface area contributed by atoms with Gasteiger partial charge in [0.15, 0.2) is 6.29 Å². The Kier molecular flexibility index (Phi) is 5.34. The van der Waals surface area contributed by atoms with Crippen molar-refractivity contribution in [2.45, 2.75) is 33.2 Å². The molecular weight excluding hydrogens is 357 g/mol. The Morgan fingerprint density at radius 3 is 2.53 bits per heavy atom. The highest BCUT2D eigenvalue weighted by Crippen LogP contribution is 2.22. The predicted molar refractivity (Wildman–Crippen MR) is 82.7 cm³/mol. The molecule has 1 rings (SSSR count). The molecule has 19 heavy (non-hydrogen) atoms. The molecule has 0 N–H and O–H groups in total. The van der Waals surface area contributed by atoms with Gasteiger partial charge in [-0.05, 0) is 68.5 Å². The summed E-state index contributed by atoms with van der Waals surface area (Å²) in [5.74, 6) is 0.301. The molecule has 104 valence electrons. The normalized spacial score (nSPS) is 11.0. The van der Waals surface area contributed by atoms with Crippen molar-refractivity contribution < 1.29 is 14.3 Å². The van der Waals surface area contributed by atoms with Crippen LogP contribution in [0.3, 0.4) is 0 Å². The highest BCUT2D eigenvalue weighted by atomic mass is 127. The van der Waals surface area contributed by atoms with Gasteiger partial charge in [-0.15, -0.1) is 0 Å². The van der Waals surface area contributed by atoms with E-state index in [0.29, 0.717) is 24.1 Å². The third-order valence-corrected chi connectivity index (χ3v) is 3.32. The Hall–Kier alpha value is -1.11. The average molecular weight is 375 g/mol. The van der Waals surface area contributed by atoms with Crippen molar-refractivity contribution in [2.24, 2.45) is 0 Å². The van der Waals surface area contributed by atoms with Crippen molar-refractivity contribution in [1.29, 1.82) is 0 Å². The maximum Gasteiger partial charge on any atom is 0.415 e. The highest BCUT2D eigenvalue weighted by Gasteiger charge is 2.27. The largest absolute Gasteiger partial charge is 0.415 e. The van der Waals surface area contributed by atoms with E-state index in [0.717, 1.165) is 3.57 Å². The number of carbonyl (C=O) groups is 2. The maximum absolute atomic E-state index is 12.2. The number of nitrogens with zero attached hydrogens (tertiary/aromatic N) is 1. The predicted octanol–water partition coefficient (Wildman–Crippen LogP) is 3.72. The first kappa shape index (κ1) is 15.9.